The molecule has 0 N–H and O–H groups in total. The largest absolute Gasteiger partial charge is 0.454 e. The molecular formula is C15H18F6O2. The fourth-order valence-electron chi connectivity index (χ4n) is 4.82. The van der Waals surface area contributed by atoms with Crippen molar-refractivity contribution in [2.75, 3.05) is 0 Å². The lowest BCUT2D eigenvalue weighted by Gasteiger charge is -2.55. The molecule has 132 valence electrons. The maximum absolute atomic E-state index is 13.7. The predicted molar refractivity (Wildman–Crippen MR) is 67.5 cm³/mol. The number of hydrogen-bond donors (Lipinski definition) is 0. The number of esters is 1. The van der Waals surface area contributed by atoms with Crippen molar-refractivity contribution in [3.63, 3.8) is 0 Å². The molecule has 0 unspecified atom stereocenters. The topological polar surface area (TPSA) is 26.3 Å². The van der Waals surface area contributed by atoms with Gasteiger partial charge in [-0.25, -0.2) is 4.79 Å². The number of ether oxygens (including phenoxy) is 1. The highest BCUT2D eigenvalue weighted by Crippen LogP contribution is 2.58. The SMILES string of the molecule is CC(F)(F)C(F)(F)C(F)(F)C(=O)OC12CC3CC(CC(C3)C1)C2. The van der Waals surface area contributed by atoms with Crippen molar-refractivity contribution in [3.05, 3.63) is 0 Å². The van der Waals surface area contributed by atoms with Crippen LogP contribution < -0.4 is 0 Å². The summed E-state index contributed by atoms with van der Waals surface area (Å²) in [5, 5.41) is 0. The molecule has 0 radical (unpaired) electrons. The zero-order valence-electron chi connectivity index (χ0n) is 12.6. The van der Waals surface area contributed by atoms with Crippen LogP contribution >= 0.6 is 0 Å². The highest BCUT2D eigenvalue weighted by Gasteiger charge is 2.74. The fourth-order valence-corrected chi connectivity index (χ4v) is 4.82. The van der Waals surface area contributed by atoms with Gasteiger partial charge in [0.1, 0.15) is 5.60 Å². The first-order chi connectivity index (χ1) is 10.4. The second-order valence-electron chi connectivity index (χ2n) is 7.53. The quantitative estimate of drug-likeness (QED) is 0.557. The summed E-state index contributed by atoms with van der Waals surface area (Å²) in [5.74, 6) is -18.2. The van der Waals surface area contributed by atoms with Gasteiger partial charge in [-0.3, -0.25) is 0 Å². The van der Waals surface area contributed by atoms with Crippen molar-refractivity contribution in [2.45, 2.75) is 68.8 Å². The van der Waals surface area contributed by atoms with Gasteiger partial charge in [-0.1, -0.05) is 0 Å². The van der Waals surface area contributed by atoms with E-state index < -0.39 is 29.3 Å². The lowest BCUT2D eigenvalue weighted by molar-refractivity contribution is -0.305. The summed E-state index contributed by atoms with van der Waals surface area (Å²) >= 11 is 0. The van der Waals surface area contributed by atoms with E-state index in [1.165, 1.54) is 0 Å². The van der Waals surface area contributed by atoms with Crippen molar-refractivity contribution in [1.82, 2.24) is 0 Å². The second-order valence-corrected chi connectivity index (χ2v) is 7.53. The lowest BCUT2D eigenvalue weighted by atomic mass is 9.54. The molecule has 0 aromatic heterocycles. The van der Waals surface area contributed by atoms with Crippen LogP contribution in [-0.4, -0.2) is 29.3 Å². The third-order valence-electron chi connectivity index (χ3n) is 5.49. The average Bonchev–Trinajstić information content (AvgIpc) is 2.34. The van der Waals surface area contributed by atoms with E-state index in [1.54, 1.807) is 0 Å². The Morgan fingerprint density at radius 3 is 1.65 bits per heavy atom. The van der Waals surface area contributed by atoms with Gasteiger partial charge in [0.15, 0.2) is 0 Å². The van der Waals surface area contributed by atoms with Crippen LogP contribution in [0.1, 0.15) is 45.4 Å². The third kappa shape index (κ3) is 2.52. The second kappa shape index (κ2) is 4.79. The molecule has 0 atom stereocenters. The molecule has 2 nitrogen and oxygen atoms in total. The van der Waals surface area contributed by atoms with Gasteiger partial charge in [0, 0.05) is 6.92 Å². The van der Waals surface area contributed by atoms with Crippen LogP contribution in [0.4, 0.5) is 26.3 Å². The van der Waals surface area contributed by atoms with E-state index >= 15 is 0 Å². The number of alkyl halides is 6. The summed E-state index contributed by atoms with van der Waals surface area (Å²) in [5.41, 5.74) is -1.19. The molecule has 0 heterocycles. The molecule has 0 saturated heterocycles. The number of rotatable bonds is 4. The molecule has 0 aliphatic heterocycles. The molecular weight excluding hydrogens is 326 g/mol. The maximum atomic E-state index is 13.7. The molecule has 0 amide bonds. The van der Waals surface area contributed by atoms with Crippen LogP contribution in [0.3, 0.4) is 0 Å². The molecule has 0 spiro atoms. The van der Waals surface area contributed by atoms with Crippen LogP contribution in [0.15, 0.2) is 0 Å². The standard InChI is InChI=1S/C15H18F6O2/c1-12(16,17)15(20,21)14(18,19)11(22)23-13-5-8-2-9(6-13)4-10(3-8)7-13/h8-10H,2-7H2,1H3. The fraction of sp³-hybridized carbons (Fsp3) is 0.933. The van der Waals surface area contributed by atoms with Gasteiger partial charge in [0.25, 0.3) is 0 Å². The minimum absolute atomic E-state index is 0.232. The highest BCUT2D eigenvalue weighted by atomic mass is 19.3. The van der Waals surface area contributed by atoms with E-state index in [9.17, 15) is 31.1 Å². The van der Waals surface area contributed by atoms with Crippen LogP contribution in [0, 0.1) is 17.8 Å². The lowest BCUT2D eigenvalue weighted by Crippen LogP contribution is -2.60. The Labute approximate surface area is 129 Å². The van der Waals surface area contributed by atoms with Crippen molar-refractivity contribution < 1.29 is 35.9 Å². The van der Waals surface area contributed by atoms with Crippen LogP contribution in [-0.2, 0) is 9.53 Å². The Morgan fingerprint density at radius 2 is 1.30 bits per heavy atom. The highest BCUT2D eigenvalue weighted by molar-refractivity contribution is 5.79. The molecule has 0 aromatic rings. The molecule has 4 bridgehead atoms. The maximum Gasteiger partial charge on any atom is 0.410 e. The normalized spacial score (nSPS) is 37.1. The molecule has 4 fully saturated rings. The van der Waals surface area contributed by atoms with Gasteiger partial charge in [-0.05, 0) is 56.3 Å². The van der Waals surface area contributed by atoms with Gasteiger partial charge in [-0.2, -0.15) is 26.3 Å². The van der Waals surface area contributed by atoms with E-state index in [4.69, 9.17) is 4.74 Å². The Bertz CT molecular complexity index is 475. The number of carbonyl (C=O) groups excluding carboxylic acids is 1. The van der Waals surface area contributed by atoms with Gasteiger partial charge in [-0.15, -0.1) is 0 Å². The van der Waals surface area contributed by atoms with Crippen molar-refractivity contribution >= 4 is 5.97 Å². The van der Waals surface area contributed by atoms with Crippen molar-refractivity contribution in [1.29, 1.82) is 0 Å². The number of halogens is 6. The summed E-state index contributed by atoms with van der Waals surface area (Å²) in [7, 11) is 0. The number of hydrogen-bond acceptors (Lipinski definition) is 2. The van der Waals surface area contributed by atoms with Gasteiger partial charge >= 0.3 is 23.7 Å². The van der Waals surface area contributed by atoms with Gasteiger partial charge in [0.05, 0.1) is 0 Å². The molecule has 8 heteroatoms. The van der Waals surface area contributed by atoms with Crippen LogP contribution in [0.2, 0.25) is 0 Å². The molecule has 4 rings (SSSR count). The van der Waals surface area contributed by atoms with Crippen molar-refractivity contribution in [2.24, 2.45) is 17.8 Å². The summed E-state index contributed by atoms with van der Waals surface area (Å²) in [6, 6.07) is 0. The van der Waals surface area contributed by atoms with Gasteiger partial charge in [0.2, 0.25) is 0 Å². The molecule has 0 aromatic carbocycles. The molecule has 4 saturated carbocycles. The van der Waals surface area contributed by atoms with E-state index in [0.29, 0.717) is 19.3 Å². The Morgan fingerprint density at radius 1 is 0.913 bits per heavy atom. The third-order valence-corrected chi connectivity index (χ3v) is 5.49. The Balaban J connectivity index is 1.79. The average molecular weight is 344 g/mol. The summed E-state index contributed by atoms with van der Waals surface area (Å²) in [4.78, 5) is 11.7. The van der Waals surface area contributed by atoms with E-state index in [1.807, 2.05) is 0 Å². The first-order valence-corrected chi connectivity index (χ1v) is 7.73. The Kier molecular flexibility index (Phi) is 3.51. The minimum Gasteiger partial charge on any atom is -0.454 e. The summed E-state index contributed by atoms with van der Waals surface area (Å²) in [6.07, 6.45) is 3.85. The van der Waals surface area contributed by atoms with E-state index in [-0.39, 0.29) is 24.7 Å². The zero-order chi connectivity index (χ0) is 17.3. The van der Waals surface area contributed by atoms with E-state index in [2.05, 4.69) is 0 Å². The Hall–Kier alpha value is -0.950. The van der Waals surface area contributed by atoms with Crippen LogP contribution in [0.25, 0.3) is 0 Å². The molecule has 4 aliphatic carbocycles. The summed E-state index contributed by atoms with van der Waals surface area (Å²) in [6.45, 7) is -0.334. The smallest absolute Gasteiger partial charge is 0.410 e. The molecule has 23 heavy (non-hydrogen) atoms. The molecule has 4 aliphatic rings. The van der Waals surface area contributed by atoms with Crippen LogP contribution in [0.5, 0.6) is 0 Å². The first-order valence-electron chi connectivity index (χ1n) is 7.73. The van der Waals surface area contributed by atoms with Crippen molar-refractivity contribution in [3.8, 4) is 0 Å². The number of carbonyl (C=O) groups is 1. The first kappa shape index (κ1) is 16.9. The minimum atomic E-state index is -5.79. The monoisotopic (exact) mass is 344 g/mol. The summed E-state index contributed by atoms with van der Waals surface area (Å²) < 4.78 is 84.4. The predicted octanol–water partition coefficient (Wildman–Crippen LogP) is 4.42. The van der Waals surface area contributed by atoms with E-state index in [0.717, 1.165) is 19.3 Å². The zero-order valence-corrected chi connectivity index (χ0v) is 12.6. The van der Waals surface area contributed by atoms with Gasteiger partial charge < -0.3 is 4.74 Å².